The Kier molecular flexibility index (Phi) is 4.96. The fourth-order valence-corrected chi connectivity index (χ4v) is 3.39. The summed E-state index contributed by atoms with van der Waals surface area (Å²) < 4.78 is 0.646. The average Bonchev–Trinajstić information content (AvgIpc) is 2.83. The topological polar surface area (TPSA) is 124 Å². The molecule has 1 aromatic heterocycles. The molecule has 2 unspecified atom stereocenters. The van der Waals surface area contributed by atoms with Gasteiger partial charge in [-0.05, 0) is 12.8 Å². The van der Waals surface area contributed by atoms with E-state index in [1.54, 1.807) is 0 Å². The Morgan fingerprint density at radius 2 is 2.15 bits per heavy atom. The predicted molar refractivity (Wildman–Crippen MR) is 78.0 cm³/mol. The summed E-state index contributed by atoms with van der Waals surface area (Å²) in [5.74, 6) is -0.675. The highest BCUT2D eigenvalue weighted by Gasteiger charge is 2.28. The summed E-state index contributed by atoms with van der Waals surface area (Å²) in [6.45, 7) is 0. The molecular weight excluding hydrogens is 298 g/mol. The zero-order valence-corrected chi connectivity index (χ0v) is 12.2. The van der Waals surface area contributed by atoms with E-state index in [1.807, 2.05) is 12.2 Å². The number of allylic oxidation sites excluding steroid dienone is 1. The molecule has 0 aromatic carbocycles. The molecule has 1 heterocycles. The lowest BCUT2D eigenvalue weighted by molar-refractivity contribution is -0.124. The molecule has 0 fully saturated rings. The van der Waals surface area contributed by atoms with Crippen LogP contribution >= 0.6 is 23.1 Å². The van der Waals surface area contributed by atoms with Crippen LogP contribution in [0.15, 0.2) is 16.5 Å². The van der Waals surface area contributed by atoms with Crippen molar-refractivity contribution in [3.8, 4) is 0 Å². The number of aromatic nitrogens is 2. The Hall–Kier alpha value is -1.61. The molecule has 1 aliphatic rings. The maximum Gasteiger partial charge on any atom is 0.230 e. The summed E-state index contributed by atoms with van der Waals surface area (Å²) >= 11 is 2.50. The van der Waals surface area contributed by atoms with Crippen molar-refractivity contribution in [3.63, 3.8) is 0 Å². The highest BCUT2D eigenvalue weighted by molar-refractivity contribution is 8.01. The van der Waals surface area contributed by atoms with E-state index in [0.29, 0.717) is 22.3 Å². The molecule has 108 valence electrons. The zero-order valence-electron chi connectivity index (χ0n) is 10.6. The molecule has 5 N–H and O–H groups in total. The third kappa shape index (κ3) is 3.94. The van der Waals surface area contributed by atoms with Crippen molar-refractivity contribution in [2.24, 2.45) is 11.7 Å². The van der Waals surface area contributed by atoms with Crippen molar-refractivity contribution in [1.29, 1.82) is 0 Å². The first-order chi connectivity index (χ1) is 9.56. The molecule has 2 rings (SSSR count). The maximum atomic E-state index is 11.9. The fourth-order valence-electron chi connectivity index (χ4n) is 1.94. The summed E-state index contributed by atoms with van der Waals surface area (Å²) in [5, 5.41) is 10.7. The molecular formula is C11H15N5O2S2. The number of thioether (sulfide) groups is 1. The second-order valence-corrected chi connectivity index (χ2v) is 6.55. The van der Waals surface area contributed by atoms with Crippen LogP contribution in [-0.4, -0.2) is 33.8 Å². The second kappa shape index (κ2) is 6.71. The third-order valence-electron chi connectivity index (χ3n) is 2.89. The smallest absolute Gasteiger partial charge is 0.230 e. The van der Waals surface area contributed by atoms with E-state index in [4.69, 9.17) is 11.5 Å². The van der Waals surface area contributed by atoms with Gasteiger partial charge in [0, 0.05) is 6.04 Å². The predicted octanol–water partition coefficient (Wildman–Crippen LogP) is 0.149. The van der Waals surface area contributed by atoms with Crippen LogP contribution in [0.25, 0.3) is 0 Å². The molecule has 20 heavy (non-hydrogen) atoms. The summed E-state index contributed by atoms with van der Waals surface area (Å²) in [4.78, 5) is 23.2. The van der Waals surface area contributed by atoms with Gasteiger partial charge in [0.2, 0.25) is 16.9 Å². The molecule has 9 heteroatoms. The summed E-state index contributed by atoms with van der Waals surface area (Å²) in [7, 11) is 0. The molecule has 1 aliphatic carbocycles. The van der Waals surface area contributed by atoms with Crippen LogP contribution in [0.3, 0.4) is 0 Å². The van der Waals surface area contributed by atoms with Gasteiger partial charge in [-0.15, -0.1) is 10.2 Å². The first-order valence-electron chi connectivity index (χ1n) is 6.01. The van der Waals surface area contributed by atoms with Crippen molar-refractivity contribution < 1.29 is 9.59 Å². The zero-order chi connectivity index (χ0) is 14.5. The summed E-state index contributed by atoms with van der Waals surface area (Å²) in [6, 6.07) is -0.231. The average molecular weight is 313 g/mol. The van der Waals surface area contributed by atoms with Gasteiger partial charge in [-0.1, -0.05) is 35.3 Å². The Labute approximate surface area is 124 Å². The third-order valence-corrected chi connectivity index (χ3v) is 4.78. The first-order valence-corrected chi connectivity index (χ1v) is 7.82. The Bertz CT molecular complexity index is 531. The van der Waals surface area contributed by atoms with Crippen LogP contribution in [0.5, 0.6) is 0 Å². The van der Waals surface area contributed by atoms with Crippen LogP contribution in [0.2, 0.25) is 0 Å². The Balaban J connectivity index is 1.84. The van der Waals surface area contributed by atoms with Crippen molar-refractivity contribution in [3.05, 3.63) is 12.2 Å². The maximum absolute atomic E-state index is 11.9. The highest BCUT2D eigenvalue weighted by atomic mass is 32.2. The van der Waals surface area contributed by atoms with Gasteiger partial charge in [-0.25, -0.2) is 0 Å². The van der Waals surface area contributed by atoms with Crippen molar-refractivity contribution in [2.45, 2.75) is 23.2 Å². The minimum Gasteiger partial charge on any atom is -0.374 e. The van der Waals surface area contributed by atoms with Crippen LogP contribution in [0.1, 0.15) is 12.8 Å². The number of carbonyl (C=O) groups excluding carboxylic acids is 2. The van der Waals surface area contributed by atoms with Crippen LogP contribution in [-0.2, 0) is 9.59 Å². The molecule has 7 nitrogen and oxygen atoms in total. The quantitative estimate of drug-likeness (QED) is 0.525. The van der Waals surface area contributed by atoms with E-state index in [1.165, 1.54) is 23.1 Å². The lowest BCUT2D eigenvalue weighted by atomic mass is 9.88. The number of hydrogen-bond donors (Lipinski definition) is 3. The van der Waals surface area contributed by atoms with Crippen molar-refractivity contribution in [2.75, 3.05) is 11.5 Å². The number of nitrogen functional groups attached to an aromatic ring is 1. The molecule has 0 bridgehead atoms. The van der Waals surface area contributed by atoms with Crippen molar-refractivity contribution >= 4 is 40.0 Å². The van der Waals surface area contributed by atoms with E-state index in [0.717, 1.165) is 0 Å². The molecule has 0 saturated carbocycles. The normalized spacial score (nSPS) is 21.6. The van der Waals surface area contributed by atoms with Gasteiger partial charge in [0.25, 0.3) is 0 Å². The number of nitrogens with one attached hydrogen (secondary N) is 1. The van der Waals surface area contributed by atoms with Crippen LogP contribution in [0, 0.1) is 5.92 Å². The molecule has 0 aliphatic heterocycles. The number of hydrogen-bond acceptors (Lipinski definition) is 7. The number of nitrogens with two attached hydrogens (primary N) is 2. The molecule has 0 radical (unpaired) electrons. The largest absolute Gasteiger partial charge is 0.374 e. The van der Waals surface area contributed by atoms with Gasteiger partial charge in [0.1, 0.15) is 0 Å². The second-order valence-electron chi connectivity index (χ2n) is 4.32. The monoisotopic (exact) mass is 313 g/mol. The number of carbonyl (C=O) groups is 2. The van der Waals surface area contributed by atoms with Gasteiger partial charge in [0.15, 0.2) is 4.34 Å². The van der Waals surface area contributed by atoms with Gasteiger partial charge >= 0.3 is 0 Å². The van der Waals surface area contributed by atoms with Crippen LogP contribution in [0.4, 0.5) is 5.13 Å². The van der Waals surface area contributed by atoms with Gasteiger partial charge in [0.05, 0.1) is 11.7 Å². The Morgan fingerprint density at radius 3 is 2.80 bits per heavy atom. The number of anilines is 1. The number of rotatable bonds is 5. The minimum absolute atomic E-state index is 0.157. The van der Waals surface area contributed by atoms with E-state index in [-0.39, 0.29) is 29.5 Å². The summed E-state index contributed by atoms with van der Waals surface area (Å²) in [6.07, 6.45) is 5.05. The number of nitrogens with zero attached hydrogens (tertiary/aromatic N) is 2. The van der Waals surface area contributed by atoms with E-state index in [9.17, 15) is 9.59 Å². The van der Waals surface area contributed by atoms with Gasteiger partial charge in [-0.2, -0.15) is 0 Å². The SMILES string of the molecule is NC(=O)C1CC=CCC1NC(=O)CSc1nnc(N)s1. The lowest BCUT2D eigenvalue weighted by Crippen LogP contribution is -2.46. The van der Waals surface area contributed by atoms with Crippen LogP contribution < -0.4 is 16.8 Å². The van der Waals surface area contributed by atoms with Crippen molar-refractivity contribution in [1.82, 2.24) is 15.5 Å². The molecule has 1 aromatic rings. The summed E-state index contributed by atoms with van der Waals surface area (Å²) in [5.41, 5.74) is 10.8. The first kappa shape index (κ1) is 14.8. The molecule has 0 spiro atoms. The molecule has 0 saturated heterocycles. The minimum atomic E-state index is -0.385. The van der Waals surface area contributed by atoms with E-state index >= 15 is 0 Å². The Morgan fingerprint density at radius 1 is 1.40 bits per heavy atom. The number of amides is 2. The fraction of sp³-hybridized carbons (Fsp3) is 0.455. The molecule has 2 atom stereocenters. The highest BCUT2D eigenvalue weighted by Crippen LogP contribution is 2.24. The molecule has 2 amide bonds. The lowest BCUT2D eigenvalue weighted by Gasteiger charge is -2.26. The standard InChI is InChI=1S/C11H15N5O2S2/c12-9(18)6-3-1-2-4-7(6)14-8(17)5-19-11-16-15-10(13)20-11/h1-2,6-7H,3-5H2,(H2,12,18)(H2,13,15)(H,14,17). The van der Waals surface area contributed by atoms with Gasteiger partial charge in [-0.3, -0.25) is 9.59 Å². The van der Waals surface area contributed by atoms with Gasteiger partial charge < -0.3 is 16.8 Å². The number of primary amides is 1. The van der Waals surface area contributed by atoms with E-state index < -0.39 is 0 Å². The van der Waals surface area contributed by atoms with E-state index in [2.05, 4.69) is 15.5 Å².